The third kappa shape index (κ3) is 17.0. The van der Waals surface area contributed by atoms with E-state index in [2.05, 4.69) is 13.5 Å². The van der Waals surface area contributed by atoms with Crippen molar-refractivity contribution < 1.29 is 5.11 Å². The molecule has 0 aromatic carbocycles. The zero-order chi connectivity index (χ0) is 11.4. The summed E-state index contributed by atoms with van der Waals surface area (Å²) in [5.41, 5.74) is 0. The average molecular weight is 236 g/mol. The predicted octanol–water partition coefficient (Wildman–Crippen LogP) is 4.72. The van der Waals surface area contributed by atoms with Crippen LogP contribution >= 0.6 is 0 Å². The summed E-state index contributed by atoms with van der Waals surface area (Å²) < 4.78 is 0. The molecule has 0 atom stereocenters. The summed E-state index contributed by atoms with van der Waals surface area (Å²) in [4.78, 5) is 0. The van der Waals surface area contributed by atoms with Crippen LogP contribution in [0.1, 0.15) is 77.6 Å². The molecule has 0 spiro atoms. The second kappa shape index (κ2) is 15.5. The minimum absolute atomic E-state index is 0. The van der Waals surface area contributed by atoms with Gasteiger partial charge in [0.2, 0.25) is 0 Å². The fraction of sp³-hybridized carbons (Fsp3) is 0.857. The zero-order valence-corrected chi connectivity index (χ0v) is 10.4. The third-order valence-corrected chi connectivity index (χ3v) is 2.82. The SMILES string of the molecule is C=C(O)CCCCCCCCCCCC.[NaH]. The molecule has 92 valence electrons. The average Bonchev–Trinajstić information content (AvgIpc) is 2.20. The van der Waals surface area contributed by atoms with Gasteiger partial charge in [-0.05, 0) is 6.42 Å². The molecule has 1 nitrogen and oxygen atoms in total. The summed E-state index contributed by atoms with van der Waals surface area (Å²) in [5.74, 6) is 0.342. The Bertz CT molecular complexity index is 146. The van der Waals surface area contributed by atoms with Crippen LogP contribution in [0, 0.1) is 0 Å². The van der Waals surface area contributed by atoms with Crippen LogP contribution in [0.5, 0.6) is 0 Å². The van der Waals surface area contributed by atoms with E-state index in [0.717, 1.165) is 12.8 Å². The van der Waals surface area contributed by atoms with E-state index in [9.17, 15) is 0 Å². The molecule has 0 aliphatic carbocycles. The first-order chi connectivity index (χ1) is 7.27. The van der Waals surface area contributed by atoms with E-state index in [1.807, 2.05) is 0 Å². The van der Waals surface area contributed by atoms with Crippen molar-refractivity contribution in [3.63, 3.8) is 0 Å². The van der Waals surface area contributed by atoms with Crippen LogP contribution in [0.4, 0.5) is 0 Å². The minimum atomic E-state index is 0. The Labute approximate surface area is 124 Å². The number of rotatable bonds is 11. The van der Waals surface area contributed by atoms with Gasteiger partial charge >= 0.3 is 29.6 Å². The monoisotopic (exact) mass is 236 g/mol. The van der Waals surface area contributed by atoms with Crippen molar-refractivity contribution in [3.8, 4) is 0 Å². The van der Waals surface area contributed by atoms with E-state index in [-0.39, 0.29) is 29.6 Å². The second-order valence-corrected chi connectivity index (χ2v) is 4.50. The van der Waals surface area contributed by atoms with E-state index in [1.165, 1.54) is 57.8 Å². The molecule has 0 aromatic heterocycles. The molecule has 2 heteroatoms. The van der Waals surface area contributed by atoms with Gasteiger partial charge in [-0.1, -0.05) is 71.3 Å². The van der Waals surface area contributed by atoms with Crippen molar-refractivity contribution in [2.45, 2.75) is 77.6 Å². The molecular weight excluding hydrogens is 207 g/mol. The van der Waals surface area contributed by atoms with Crippen LogP contribution in [-0.4, -0.2) is 34.7 Å². The Kier molecular flexibility index (Phi) is 18.4. The molecule has 0 unspecified atom stereocenters. The summed E-state index contributed by atoms with van der Waals surface area (Å²) in [5, 5.41) is 8.88. The standard InChI is InChI=1S/C14H28O.Na.H/c1-3-4-5-6-7-8-9-10-11-12-13-14(2)15;;/h15H,2-13H2,1H3;;. The number of hydrogen-bond donors (Lipinski definition) is 1. The molecule has 0 aliphatic rings. The normalized spacial score (nSPS) is 9.81. The van der Waals surface area contributed by atoms with Gasteiger partial charge in [-0.3, -0.25) is 0 Å². The van der Waals surface area contributed by atoms with E-state index in [0.29, 0.717) is 5.76 Å². The first kappa shape index (κ1) is 18.9. The van der Waals surface area contributed by atoms with Gasteiger partial charge in [-0.25, -0.2) is 0 Å². The summed E-state index contributed by atoms with van der Waals surface area (Å²) in [6, 6.07) is 0. The Hall–Kier alpha value is 0.540. The van der Waals surface area contributed by atoms with Gasteiger partial charge in [0.05, 0.1) is 5.76 Å². The van der Waals surface area contributed by atoms with Gasteiger partial charge in [-0.15, -0.1) is 0 Å². The molecular formula is C14H29NaO. The van der Waals surface area contributed by atoms with Crippen LogP contribution < -0.4 is 0 Å². The predicted molar refractivity (Wildman–Crippen MR) is 75.4 cm³/mol. The van der Waals surface area contributed by atoms with Crippen molar-refractivity contribution in [1.82, 2.24) is 0 Å². The summed E-state index contributed by atoms with van der Waals surface area (Å²) in [6.45, 7) is 5.75. The molecule has 0 amide bonds. The molecule has 0 aliphatic heterocycles. The van der Waals surface area contributed by atoms with Gasteiger partial charge in [-0.2, -0.15) is 0 Å². The van der Waals surface area contributed by atoms with Crippen molar-refractivity contribution in [2.75, 3.05) is 0 Å². The third-order valence-electron chi connectivity index (χ3n) is 2.82. The first-order valence-electron chi connectivity index (χ1n) is 6.64. The topological polar surface area (TPSA) is 20.2 Å². The molecule has 0 rings (SSSR count). The molecule has 0 fully saturated rings. The van der Waals surface area contributed by atoms with E-state index < -0.39 is 0 Å². The molecule has 1 N–H and O–H groups in total. The number of unbranched alkanes of at least 4 members (excludes halogenated alkanes) is 9. The molecule has 0 saturated heterocycles. The number of hydrogen-bond acceptors (Lipinski definition) is 1. The van der Waals surface area contributed by atoms with Crippen molar-refractivity contribution in [1.29, 1.82) is 0 Å². The van der Waals surface area contributed by atoms with Crippen LogP contribution in [0.2, 0.25) is 0 Å². The maximum absolute atomic E-state index is 8.88. The molecule has 16 heavy (non-hydrogen) atoms. The quantitative estimate of drug-likeness (QED) is 0.312. The Morgan fingerprint density at radius 1 is 0.812 bits per heavy atom. The number of aliphatic hydroxyl groups excluding tert-OH is 1. The fourth-order valence-electron chi connectivity index (χ4n) is 1.82. The van der Waals surface area contributed by atoms with Crippen LogP contribution in [0.15, 0.2) is 12.3 Å². The van der Waals surface area contributed by atoms with E-state index in [4.69, 9.17) is 5.11 Å². The van der Waals surface area contributed by atoms with Gasteiger partial charge in [0.25, 0.3) is 0 Å². The Morgan fingerprint density at radius 2 is 1.19 bits per heavy atom. The van der Waals surface area contributed by atoms with Crippen LogP contribution in [0.25, 0.3) is 0 Å². The summed E-state index contributed by atoms with van der Waals surface area (Å²) >= 11 is 0. The molecule has 0 aromatic rings. The summed E-state index contributed by atoms with van der Waals surface area (Å²) in [7, 11) is 0. The number of aliphatic hydroxyl groups is 1. The van der Waals surface area contributed by atoms with E-state index in [1.54, 1.807) is 0 Å². The maximum atomic E-state index is 8.88. The van der Waals surface area contributed by atoms with Crippen LogP contribution in [-0.2, 0) is 0 Å². The molecule has 0 radical (unpaired) electrons. The van der Waals surface area contributed by atoms with Gasteiger partial charge < -0.3 is 5.11 Å². The molecule has 0 heterocycles. The summed E-state index contributed by atoms with van der Waals surface area (Å²) in [6.07, 6.45) is 14.2. The zero-order valence-electron chi connectivity index (χ0n) is 10.4. The Morgan fingerprint density at radius 3 is 1.56 bits per heavy atom. The van der Waals surface area contributed by atoms with E-state index >= 15 is 0 Å². The molecule has 0 saturated carbocycles. The second-order valence-electron chi connectivity index (χ2n) is 4.50. The Balaban J connectivity index is 0. The fourth-order valence-corrected chi connectivity index (χ4v) is 1.82. The molecule has 0 bridgehead atoms. The van der Waals surface area contributed by atoms with Gasteiger partial charge in [0.15, 0.2) is 0 Å². The number of allylic oxidation sites excluding steroid dienone is 1. The van der Waals surface area contributed by atoms with Crippen molar-refractivity contribution >= 4 is 29.6 Å². The van der Waals surface area contributed by atoms with Gasteiger partial charge in [0.1, 0.15) is 0 Å². The van der Waals surface area contributed by atoms with Crippen molar-refractivity contribution in [2.24, 2.45) is 0 Å². The van der Waals surface area contributed by atoms with Gasteiger partial charge in [0, 0.05) is 6.42 Å². The van der Waals surface area contributed by atoms with Crippen molar-refractivity contribution in [3.05, 3.63) is 12.3 Å². The van der Waals surface area contributed by atoms with Crippen LogP contribution in [0.3, 0.4) is 0 Å². The first-order valence-corrected chi connectivity index (χ1v) is 6.64.